The second kappa shape index (κ2) is 6.31. The second-order valence-corrected chi connectivity index (χ2v) is 6.33. The highest BCUT2D eigenvalue weighted by atomic mass is 32.2. The summed E-state index contributed by atoms with van der Waals surface area (Å²) in [5.41, 5.74) is 2.47. The molecule has 2 rings (SSSR count). The molecule has 0 radical (unpaired) electrons. The number of carbonyl (C=O) groups excluding carboxylic acids is 1. The molecule has 114 valence electrons. The summed E-state index contributed by atoms with van der Waals surface area (Å²) in [5, 5.41) is 13.8. The van der Waals surface area contributed by atoms with Gasteiger partial charge in [0.25, 0.3) is 11.6 Å². The summed E-state index contributed by atoms with van der Waals surface area (Å²) in [5.74, 6) is 4.91. The lowest BCUT2D eigenvalue weighted by Gasteiger charge is -2.40. The third kappa shape index (κ3) is 3.27. The Morgan fingerprint density at radius 3 is 2.71 bits per heavy atom. The molecule has 0 aliphatic heterocycles. The van der Waals surface area contributed by atoms with Crippen molar-refractivity contribution < 1.29 is 9.72 Å². The van der Waals surface area contributed by atoms with Gasteiger partial charge in [0, 0.05) is 22.9 Å². The third-order valence-electron chi connectivity index (χ3n) is 3.88. The number of nitrogen functional groups attached to an aromatic ring is 1. The van der Waals surface area contributed by atoms with Gasteiger partial charge in [0.05, 0.1) is 4.92 Å². The Morgan fingerprint density at radius 1 is 1.52 bits per heavy atom. The minimum absolute atomic E-state index is 0.125. The average Bonchev–Trinajstić information content (AvgIpc) is 2.45. The number of amides is 1. The highest BCUT2D eigenvalue weighted by Gasteiger charge is 2.36. The summed E-state index contributed by atoms with van der Waals surface area (Å²) >= 11 is 1.76. The SMILES string of the molecule is CSC1(CNC(=O)c2ccc(NN)c([N+](=O)[O-])c2)CCC1. The van der Waals surface area contributed by atoms with Crippen molar-refractivity contribution in [2.45, 2.75) is 24.0 Å². The number of anilines is 1. The van der Waals surface area contributed by atoms with E-state index in [2.05, 4.69) is 10.7 Å². The zero-order valence-corrected chi connectivity index (χ0v) is 12.5. The quantitative estimate of drug-likeness (QED) is 0.420. The van der Waals surface area contributed by atoms with E-state index in [4.69, 9.17) is 5.84 Å². The summed E-state index contributed by atoms with van der Waals surface area (Å²) in [6, 6.07) is 4.18. The van der Waals surface area contributed by atoms with Crippen molar-refractivity contribution in [2.24, 2.45) is 5.84 Å². The fraction of sp³-hybridized carbons (Fsp3) is 0.462. The minimum Gasteiger partial charge on any atom is -0.351 e. The Kier molecular flexibility index (Phi) is 4.69. The zero-order chi connectivity index (χ0) is 15.5. The topological polar surface area (TPSA) is 110 Å². The van der Waals surface area contributed by atoms with Gasteiger partial charge in [-0.05, 0) is 31.2 Å². The summed E-state index contributed by atoms with van der Waals surface area (Å²) in [4.78, 5) is 22.5. The molecule has 8 heteroatoms. The van der Waals surface area contributed by atoms with Crippen molar-refractivity contribution in [2.75, 3.05) is 18.2 Å². The molecule has 7 nitrogen and oxygen atoms in total. The highest BCUT2D eigenvalue weighted by Crippen LogP contribution is 2.42. The Hall–Kier alpha value is -1.80. The standard InChI is InChI=1S/C13H18N4O3S/c1-21-13(5-2-6-13)8-15-12(18)9-3-4-10(16-14)11(7-9)17(19)20/h3-4,7,16H,2,5-6,8,14H2,1H3,(H,15,18). The monoisotopic (exact) mass is 310 g/mol. The molecule has 1 saturated carbocycles. The van der Waals surface area contributed by atoms with Crippen molar-refractivity contribution in [3.05, 3.63) is 33.9 Å². The van der Waals surface area contributed by atoms with Crippen LogP contribution >= 0.6 is 11.8 Å². The third-order valence-corrected chi connectivity index (χ3v) is 5.30. The van der Waals surface area contributed by atoms with Gasteiger partial charge < -0.3 is 10.7 Å². The van der Waals surface area contributed by atoms with Gasteiger partial charge in [-0.25, -0.2) is 0 Å². The molecule has 21 heavy (non-hydrogen) atoms. The van der Waals surface area contributed by atoms with Crippen molar-refractivity contribution in [3.63, 3.8) is 0 Å². The minimum atomic E-state index is -0.568. The summed E-state index contributed by atoms with van der Waals surface area (Å²) in [7, 11) is 0. The molecule has 1 aliphatic rings. The Labute approximate surface area is 126 Å². The smallest absolute Gasteiger partial charge is 0.294 e. The summed E-state index contributed by atoms with van der Waals surface area (Å²) in [6.45, 7) is 0.581. The van der Waals surface area contributed by atoms with E-state index >= 15 is 0 Å². The summed E-state index contributed by atoms with van der Waals surface area (Å²) in [6.07, 6.45) is 5.40. The van der Waals surface area contributed by atoms with Gasteiger partial charge >= 0.3 is 0 Å². The molecule has 1 fully saturated rings. The van der Waals surface area contributed by atoms with Crippen LogP contribution in [0.15, 0.2) is 18.2 Å². The normalized spacial score (nSPS) is 15.9. The van der Waals surface area contributed by atoms with Crippen molar-refractivity contribution in [1.82, 2.24) is 5.32 Å². The largest absolute Gasteiger partial charge is 0.351 e. The van der Waals surface area contributed by atoms with Gasteiger partial charge in [0.2, 0.25) is 0 Å². The fourth-order valence-corrected chi connectivity index (χ4v) is 3.23. The maximum absolute atomic E-state index is 12.1. The number of nitrogens with two attached hydrogens (primary N) is 1. The first-order valence-corrected chi connectivity index (χ1v) is 7.82. The van der Waals surface area contributed by atoms with Crippen LogP contribution in [0, 0.1) is 10.1 Å². The predicted octanol–water partition coefficient (Wildman–Crippen LogP) is 1.90. The molecule has 0 bridgehead atoms. The number of nitrogens with one attached hydrogen (secondary N) is 2. The number of benzene rings is 1. The lowest BCUT2D eigenvalue weighted by atomic mass is 9.84. The molecule has 0 atom stereocenters. The molecule has 0 heterocycles. The van der Waals surface area contributed by atoms with E-state index < -0.39 is 4.92 Å². The predicted molar refractivity (Wildman–Crippen MR) is 83.3 cm³/mol. The highest BCUT2D eigenvalue weighted by molar-refractivity contribution is 8.00. The first-order chi connectivity index (χ1) is 10.0. The first-order valence-electron chi connectivity index (χ1n) is 6.60. The Balaban J connectivity index is 2.09. The molecule has 4 N–H and O–H groups in total. The van der Waals surface area contributed by atoms with Crippen LogP contribution in [-0.2, 0) is 0 Å². The zero-order valence-electron chi connectivity index (χ0n) is 11.7. The maximum atomic E-state index is 12.1. The molecule has 1 aromatic carbocycles. The number of nitro benzene ring substituents is 1. The van der Waals surface area contributed by atoms with Crippen molar-refractivity contribution in [1.29, 1.82) is 0 Å². The average molecular weight is 310 g/mol. The molecule has 0 saturated heterocycles. The van der Waals surface area contributed by atoms with Crippen LogP contribution in [0.2, 0.25) is 0 Å². The number of nitrogens with zero attached hydrogens (tertiary/aromatic N) is 1. The molecule has 1 aliphatic carbocycles. The number of hydrazine groups is 1. The molecular weight excluding hydrogens is 292 g/mol. The number of nitro groups is 1. The first kappa shape index (κ1) is 15.6. The van der Waals surface area contributed by atoms with Crippen molar-refractivity contribution >= 4 is 29.0 Å². The second-order valence-electron chi connectivity index (χ2n) is 5.06. The number of hydrogen-bond acceptors (Lipinski definition) is 6. The van der Waals surface area contributed by atoms with E-state index in [1.54, 1.807) is 11.8 Å². The van der Waals surface area contributed by atoms with Crippen LogP contribution in [0.1, 0.15) is 29.6 Å². The fourth-order valence-electron chi connectivity index (χ4n) is 2.31. The molecule has 0 aromatic heterocycles. The van der Waals surface area contributed by atoms with E-state index in [0.717, 1.165) is 12.8 Å². The van der Waals surface area contributed by atoms with Crippen molar-refractivity contribution in [3.8, 4) is 0 Å². The Bertz CT molecular complexity index is 555. The molecule has 1 amide bonds. The van der Waals surface area contributed by atoms with Crippen LogP contribution in [-0.4, -0.2) is 28.4 Å². The molecular formula is C13H18N4O3S. The summed E-state index contributed by atoms with van der Waals surface area (Å²) < 4.78 is 0.125. The van der Waals surface area contributed by atoms with E-state index in [1.165, 1.54) is 24.6 Å². The van der Waals surface area contributed by atoms with Gasteiger partial charge in [-0.1, -0.05) is 6.42 Å². The van der Waals surface area contributed by atoms with Crippen LogP contribution in [0.3, 0.4) is 0 Å². The number of rotatable bonds is 6. The van der Waals surface area contributed by atoms with Gasteiger partial charge in [-0.3, -0.25) is 20.8 Å². The van der Waals surface area contributed by atoms with E-state index in [9.17, 15) is 14.9 Å². The van der Waals surface area contributed by atoms with Gasteiger partial charge in [0.15, 0.2) is 0 Å². The number of hydrogen-bond donors (Lipinski definition) is 3. The lowest BCUT2D eigenvalue weighted by Crippen LogP contribution is -2.45. The molecule has 0 spiro atoms. The van der Waals surface area contributed by atoms with Crippen LogP contribution in [0.25, 0.3) is 0 Å². The van der Waals surface area contributed by atoms with Gasteiger partial charge in [-0.2, -0.15) is 11.8 Å². The van der Waals surface area contributed by atoms with Crippen LogP contribution in [0.4, 0.5) is 11.4 Å². The van der Waals surface area contributed by atoms with E-state index in [0.29, 0.717) is 6.54 Å². The van der Waals surface area contributed by atoms with Crippen LogP contribution < -0.4 is 16.6 Å². The maximum Gasteiger partial charge on any atom is 0.294 e. The van der Waals surface area contributed by atoms with Crippen LogP contribution in [0.5, 0.6) is 0 Å². The number of carbonyl (C=O) groups is 1. The Morgan fingerprint density at radius 2 is 2.24 bits per heavy atom. The van der Waals surface area contributed by atoms with E-state index in [-0.39, 0.29) is 27.6 Å². The van der Waals surface area contributed by atoms with Gasteiger partial charge in [-0.15, -0.1) is 0 Å². The van der Waals surface area contributed by atoms with E-state index in [1.807, 2.05) is 6.26 Å². The number of thioether (sulfide) groups is 1. The van der Waals surface area contributed by atoms with Gasteiger partial charge in [0.1, 0.15) is 5.69 Å². The lowest BCUT2D eigenvalue weighted by molar-refractivity contribution is -0.384. The molecule has 1 aromatic rings. The molecule has 0 unspecified atom stereocenters.